The molecule has 0 aliphatic carbocycles. The fourth-order valence-electron chi connectivity index (χ4n) is 4.08. The number of nitrogens with zero attached hydrogens (tertiary/aromatic N) is 3. The lowest BCUT2D eigenvalue weighted by atomic mass is 9.97. The number of likely N-dealkylation sites (tertiary alicyclic amines) is 1. The number of hydrogen-bond acceptors (Lipinski definition) is 3. The summed E-state index contributed by atoms with van der Waals surface area (Å²) in [6.07, 6.45) is 4.12. The first-order valence-corrected chi connectivity index (χ1v) is 9.59. The Morgan fingerprint density at radius 3 is 2.73 bits per heavy atom. The zero-order valence-electron chi connectivity index (χ0n) is 15.8. The van der Waals surface area contributed by atoms with Gasteiger partial charge in [0.25, 0.3) is 5.56 Å². The molecule has 1 saturated heterocycles. The second-order valence-electron chi connectivity index (χ2n) is 7.35. The third-order valence-corrected chi connectivity index (χ3v) is 5.31. The standard InChI is InChI=1S/C20H27F2N3O/c1-4-7-17(24-9-6-8-13(3)12-24)19-23-18-15(20(26)25(19)5-2)10-14(21)11-16(18)22/h10-11,13,17H,4-9,12H2,1-3H3/t13-,17-/m1/s1. The van der Waals surface area contributed by atoms with Crippen LogP contribution in [0.3, 0.4) is 0 Å². The summed E-state index contributed by atoms with van der Waals surface area (Å²) in [6, 6.07) is 1.86. The summed E-state index contributed by atoms with van der Waals surface area (Å²) in [4.78, 5) is 19.8. The van der Waals surface area contributed by atoms with E-state index in [2.05, 4.69) is 23.7 Å². The molecule has 0 radical (unpaired) electrons. The molecule has 26 heavy (non-hydrogen) atoms. The Kier molecular flexibility index (Phi) is 5.70. The van der Waals surface area contributed by atoms with E-state index < -0.39 is 11.6 Å². The monoisotopic (exact) mass is 363 g/mol. The largest absolute Gasteiger partial charge is 0.295 e. The molecule has 0 bridgehead atoms. The van der Waals surface area contributed by atoms with Crippen LogP contribution in [0.25, 0.3) is 10.9 Å². The van der Waals surface area contributed by atoms with Crippen LogP contribution in [-0.2, 0) is 6.54 Å². The first kappa shape index (κ1) is 19.0. The van der Waals surface area contributed by atoms with Crippen LogP contribution in [0, 0.1) is 17.6 Å². The molecule has 2 heterocycles. The molecule has 1 aromatic heterocycles. The first-order valence-electron chi connectivity index (χ1n) is 9.59. The van der Waals surface area contributed by atoms with Gasteiger partial charge in [-0.15, -0.1) is 0 Å². The number of halogens is 2. The van der Waals surface area contributed by atoms with Gasteiger partial charge in [-0.1, -0.05) is 20.3 Å². The van der Waals surface area contributed by atoms with Gasteiger partial charge in [0.1, 0.15) is 17.2 Å². The molecule has 1 fully saturated rings. The van der Waals surface area contributed by atoms with Gasteiger partial charge >= 0.3 is 0 Å². The normalized spacial score (nSPS) is 19.8. The minimum absolute atomic E-state index is 0.00959. The van der Waals surface area contributed by atoms with Crippen molar-refractivity contribution in [2.24, 2.45) is 5.92 Å². The van der Waals surface area contributed by atoms with E-state index in [9.17, 15) is 13.6 Å². The average Bonchev–Trinajstić information content (AvgIpc) is 2.60. The van der Waals surface area contributed by atoms with Crippen LogP contribution in [0.5, 0.6) is 0 Å². The summed E-state index contributed by atoms with van der Waals surface area (Å²) >= 11 is 0. The van der Waals surface area contributed by atoms with Gasteiger partial charge in [0, 0.05) is 19.2 Å². The van der Waals surface area contributed by atoms with Gasteiger partial charge in [-0.25, -0.2) is 13.8 Å². The summed E-state index contributed by atoms with van der Waals surface area (Å²) in [5.41, 5.74) is -0.390. The van der Waals surface area contributed by atoms with Crippen LogP contribution in [0.15, 0.2) is 16.9 Å². The first-order chi connectivity index (χ1) is 12.5. The highest BCUT2D eigenvalue weighted by atomic mass is 19.1. The van der Waals surface area contributed by atoms with Crippen LogP contribution >= 0.6 is 0 Å². The Morgan fingerprint density at radius 2 is 2.08 bits per heavy atom. The molecule has 0 saturated carbocycles. The van der Waals surface area contributed by atoms with Crippen molar-refractivity contribution in [1.82, 2.24) is 14.5 Å². The third kappa shape index (κ3) is 3.52. The Morgan fingerprint density at radius 1 is 1.31 bits per heavy atom. The van der Waals surface area contributed by atoms with E-state index in [0.717, 1.165) is 44.5 Å². The molecule has 0 amide bonds. The number of hydrogen-bond donors (Lipinski definition) is 0. The van der Waals surface area contributed by atoms with E-state index in [4.69, 9.17) is 0 Å². The van der Waals surface area contributed by atoms with Crippen molar-refractivity contribution in [1.29, 1.82) is 0 Å². The maximum absolute atomic E-state index is 14.3. The lowest BCUT2D eigenvalue weighted by Gasteiger charge is -2.37. The van der Waals surface area contributed by atoms with Gasteiger partial charge in [-0.05, 0) is 44.7 Å². The molecular formula is C20H27F2N3O. The molecule has 2 aromatic rings. The van der Waals surface area contributed by atoms with Crippen LogP contribution in [0.2, 0.25) is 0 Å². The molecular weight excluding hydrogens is 336 g/mol. The number of piperidine rings is 1. The predicted molar refractivity (Wildman–Crippen MR) is 99.2 cm³/mol. The van der Waals surface area contributed by atoms with Crippen molar-refractivity contribution >= 4 is 10.9 Å². The zero-order valence-corrected chi connectivity index (χ0v) is 15.8. The molecule has 1 aromatic carbocycles. The van der Waals surface area contributed by atoms with Gasteiger partial charge < -0.3 is 0 Å². The van der Waals surface area contributed by atoms with E-state index in [-0.39, 0.29) is 22.5 Å². The molecule has 6 heteroatoms. The van der Waals surface area contributed by atoms with Gasteiger partial charge in [-0.2, -0.15) is 0 Å². The highest BCUT2D eigenvalue weighted by Gasteiger charge is 2.29. The number of fused-ring (bicyclic) bond motifs is 1. The maximum atomic E-state index is 14.3. The SMILES string of the molecule is CCC[C@H](c1nc2c(F)cc(F)cc2c(=O)n1CC)N1CCC[C@@H](C)C1. The van der Waals surface area contributed by atoms with Crippen LogP contribution in [-0.4, -0.2) is 27.5 Å². The summed E-state index contributed by atoms with van der Waals surface area (Å²) in [7, 11) is 0. The maximum Gasteiger partial charge on any atom is 0.261 e. The smallest absolute Gasteiger partial charge is 0.261 e. The highest BCUT2D eigenvalue weighted by Crippen LogP contribution is 2.30. The van der Waals surface area contributed by atoms with Gasteiger partial charge in [-0.3, -0.25) is 14.3 Å². The molecule has 2 atom stereocenters. The fourth-order valence-corrected chi connectivity index (χ4v) is 4.08. The lowest BCUT2D eigenvalue weighted by Crippen LogP contribution is -2.40. The van der Waals surface area contributed by atoms with E-state index in [1.165, 1.54) is 6.42 Å². The van der Waals surface area contributed by atoms with Crippen molar-refractivity contribution in [3.05, 3.63) is 39.9 Å². The van der Waals surface area contributed by atoms with Crippen molar-refractivity contribution in [3.63, 3.8) is 0 Å². The minimum atomic E-state index is -0.774. The number of rotatable bonds is 5. The Hall–Kier alpha value is -1.82. The topological polar surface area (TPSA) is 38.1 Å². The molecule has 0 unspecified atom stereocenters. The summed E-state index contributed by atoms with van der Waals surface area (Å²) in [5.74, 6) is -0.328. The van der Waals surface area contributed by atoms with Crippen LogP contribution in [0.4, 0.5) is 8.78 Å². The lowest BCUT2D eigenvalue weighted by molar-refractivity contribution is 0.114. The van der Waals surface area contributed by atoms with E-state index in [0.29, 0.717) is 18.3 Å². The molecule has 3 rings (SSSR count). The van der Waals surface area contributed by atoms with Gasteiger partial charge in [0.15, 0.2) is 5.82 Å². The number of aromatic nitrogens is 2. The molecule has 1 aliphatic heterocycles. The van der Waals surface area contributed by atoms with Crippen molar-refractivity contribution < 1.29 is 8.78 Å². The summed E-state index contributed by atoms with van der Waals surface area (Å²) in [5, 5.41) is 0.00959. The van der Waals surface area contributed by atoms with Crippen LogP contribution in [0.1, 0.15) is 58.3 Å². The molecule has 1 aliphatic rings. The predicted octanol–water partition coefficient (Wildman–Crippen LogP) is 4.27. The molecule has 142 valence electrons. The second-order valence-corrected chi connectivity index (χ2v) is 7.35. The fraction of sp³-hybridized carbons (Fsp3) is 0.600. The Balaban J connectivity index is 2.18. The zero-order chi connectivity index (χ0) is 18.8. The van der Waals surface area contributed by atoms with Gasteiger partial charge in [0.05, 0.1) is 11.4 Å². The van der Waals surface area contributed by atoms with Gasteiger partial charge in [0.2, 0.25) is 0 Å². The van der Waals surface area contributed by atoms with Crippen molar-refractivity contribution in [2.75, 3.05) is 13.1 Å². The molecule has 4 nitrogen and oxygen atoms in total. The van der Waals surface area contributed by atoms with Crippen molar-refractivity contribution in [2.45, 2.75) is 59.0 Å². The highest BCUT2D eigenvalue weighted by molar-refractivity contribution is 5.78. The number of benzene rings is 1. The third-order valence-electron chi connectivity index (χ3n) is 5.31. The summed E-state index contributed by atoms with van der Waals surface area (Å²) in [6.45, 7) is 8.55. The van der Waals surface area contributed by atoms with Crippen LogP contribution < -0.4 is 5.56 Å². The van der Waals surface area contributed by atoms with E-state index >= 15 is 0 Å². The van der Waals surface area contributed by atoms with E-state index in [1.54, 1.807) is 4.57 Å². The average molecular weight is 363 g/mol. The van der Waals surface area contributed by atoms with E-state index in [1.807, 2.05) is 6.92 Å². The quantitative estimate of drug-likeness (QED) is 0.796. The molecule has 0 spiro atoms. The Bertz CT molecular complexity index is 849. The van der Waals surface area contributed by atoms with Crippen molar-refractivity contribution in [3.8, 4) is 0 Å². The second kappa shape index (κ2) is 7.82. The minimum Gasteiger partial charge on any atom is -0.295 e. The Labute approximate surface area is 152 Å². The summed E-state index contributed by atoms with van der Waals surface area (Å²) < 4.78 is 29.5. The molecule has 0 N–H and O–H groups in total.